The Bertz CT molecular complexity index is 593. The highest BCUT2D eigenvalue weighted by molar-refractivity contribution is 5.30. The molecule has 0 spiro atoms. The normalized spacial score (nSPS) is 12.5. The molecule has 100 valence electrons. The van der Waals surface area contributed by atoms with Crippen LogP contribution < -0.4 is 0 Å². The SMILES string of the molecule is Cc1ccc(C(O)Cc2cc(F)ccc2C)c(F)c1. The Hall–Kier alpha value is -1.74. The maximum Gasteiger partial charge on any atom is 0.129 e. The fourth-order valence-corrected chi connectivity index (χ4v) is 2.08. The summed E-state index contributed by atoms with van der Waals surface area (Å²) in [7, 11) is 0. The molecule has 0 amide bonds. The highest BCUT2D eigenvalue weighted by Gasteiger charge is 2.15. The molecule has 2 rings (SSSR count). The summed E-state index contributed by atoms with van der Waals surface area (Å²) in [6.07, 6.45) is -0.773. The van der Waals surface area contributed by atoms with Gasteiger partial charge in [-0.2, -0.15) is 0 Å². The van der Waals surface area contributed by atoms with E-state index in [4.69, 9.17) is 0 Å². The van der Waals surface area contributed by atoms with Crippen LogP contribution in [-0.4, -0.2) is 5.11 Å². The second kappa shape index (κ2) is 5.49. The fraction of sp³-hybridized carbons (Fsp3) is 0.250. The molecule has 3 heteroatoms. The maximum atomic E-state index is 13.7. The Kier molecular flexibility index (Phi) is 3.96. The zero-order valence-corrected chi connectivity index (χ0v) is 11.0. The van der Waals surface area contributed by atoms with Crippen LogP contribution in [0.4, 0.5) is 8.78 Å². The van der Waals surface area contributed by atoms with Gasteiger partial charge in [-0.1, -0.05) is 18.2 Å². The fourth-order valence-electron chi connectivity index (χ4n) is 2.08. The molecule has 0 aliphatic heterocycles. The summed E-state index contributed by atoms with van der Waals surface area (Å²) in [6, 6.07) is 9.12. The molecule has 0 saturated heterocycles. The van der Waals surface area contributed by atoms with Gasteiger partial charge in [0.05, 0.1) is 6.10 Å². The van der Waals surface area contributed by atoms with Crippen LogP contribution in [0.1, 0.15) is 28.4 Å². The number of halogens is 2. The van der Waals surface area contributed by atoms with Crippen molar-refractivity contribution in [2.75, 3.05) is 0 Å². The second-order valence-corrected chi connectivity index (χ2v) is 4.82. The summed E-state index contributed by atoms with van der Waals surface area (Å²) in [4.78, 5) is 0. The minimum Gasteiger partial charge on any atom is -0.388 e. The van der Waals surface area contributed by atoms with Gasteiger partial charge in [-0.25, -0.2) is 8.78 Å². The lowest BCUT2D eigenvalue weighted by Crippen LogP contribution is -2.06. The van der Waals surface area contributed by atoms with Crippen molar-refractivity contribution in [1.29, 1.82) is 0 Å². The van der Waals surface area contributed by atoms with E-state index in [1.165, 1.54) is 18.2 Å². The Morgan fingerprint density at radius 3 is 2.47 bits per heavy atom. The number of rotatable bonds is 3. The van der Waals surface area contributed by atoms with Crippen LogP contribution in [0.15, 0.2) is 36.4 Å². The van der Waals surface area contributed by atoms with E-state index in [0.717, 1.165) is 11.1 Å². The van der Waals surface area contributed by atoms with E-state index in [-0.39, 0.29) is 17.8 Å². The van der Waals surface area contributed by atoms with Crippen LogP contribution in [0, 0.1) is 25.5 Å². The van der Waals surface area contributed by atoms with Crippen molar-refractivity contribution in [2.24, 2.45) is 0 Å². The quantitative estimate of drug-likeness (QED) is 0.890. The van der Waals surface area contributed by atoms with Crippen molar-refractivity contribution >= 4 is 0 Å². The number of aliphatic hydroxyl groups is 1. The lowest BCUT2D eigenvalue weighted by Gasteiger charge is -2.14. The van der Waals surface area contributed by atoms with Crippen molar-refractivity contribution < 1.29 is 13.9 Å². The molecule has 0 fully saturated rings. The number of aryl methyl sites for hydroxylation is 2. The maximum absolute atomic E-state index is 13.7. The van der Waals surface area contributed by atoms with Gasteiger partial charge < -0.3 is 5.11 Å². The Labute approximate surface area is 111 Å². The molecule has 0 aliphatic rings. The number of benzene rings is 2. The molecule has 0 radical (unpaired) electrons. The topological polar surface area (TPSA) is 20.2 Å². The third-order valence-electron chi connectivity index (χ3n) is 3.24. The molecular weight excluding hydrogens is 246 g/mol. The lowest BCUT2D eigenvalue weighted by molar-refractivity contribution is 0.173. The highest BCUT2D eigenvalue weighted by Crippen LogP contribution is 2.23. The first-order valence-corrected chi connectivity index (χ1v) is 6.16. The van der Waals surface area contributed by atoms with Crippen molar-refractivity contribution in [3.8, 4) is 0 Å². The van der Waals surface area contributed by atoms with Gasteiger partial charge in [-0.3, -0.25) is 0 Å². The van der Waals surface area contributed by atoms with Gasteiger partial charge in [-0.05, 0) is 48.7 Å². The molecule has 1 unspecified atom stereocenters. The predicted molar refractivity (Wildman–Crippen MR) is 70.9 cm³/mol. The lowest BCUT2D eigenvalue weighted by atomic mass is 9.97. The van der Waals surface area contributed by atoms with Gasteiger partial charge in [0.2, 0.25) is 0 Å². The molecule has 2 aromatic carbocycles. The van der Waals surface area contributed by atoms with Crippen LogP contribution >= 0.6 is 0 Å². The molecule has 1 N–H and O–H groups in total. The highest BCUT2D eigenvalue weighted by atomic mass is 19.1. The zero-order chi connectivity index (χ0) is 14.0. The molecule has 2 aromatic rings. The van der Waals surface area contributed by atoms with Gasteiger partial charge >= 0.3 is 0 Å². The zero-order valence-electron chi connectivity index (χ0n) is 11.0. The third-order valence-corrected chi connectivity index (χ3v) is 3.24. The third kappa shape index (κ3) is 3.18. The van der Waals surface area contributed by atoms with Gasteiger partial charge in [0, 0.05) is 12.0 Å². The Morgan fingerprint density at radius 2 is 1.79 bits per heavy atom. The molecule has 0 saturated carbocycles. The molecule has 1 atom stereocenters. The smallest absolute Gasteiger partial charge is 0.129 e. The van der Waals surface area contributed by atoms with Crippen LogP contribution in [-0.2, 0) is 6.42 Å². The van der Waals surface area contributed by atoms with Crippen molar-refractivity contribution in [1.82, 2.24) is 0 Å². The van der Waals surface area contributed by atoms with Crippen molar-refractivity contribution in [2.45, 2.75) is 26.4 Å². The van der Waals surface area contributed by atoms with Crippen LogP contribution in [0.2, 0.25) is 0 Å². The molecule has 0 heterocycles. The van der Waals surface area contributed by atoms with Gasteiger partial charge in [0.25, 0.3) is 0 Å². The predicted octanol–water partition coefficient (Wildman–Crippen LogP) is 3.86. The number of hydrogen-bond acceptors (Lipinski definition) is 1. The van der Waals surface area contributed by atoms with E-state index in [1.807, 2.05) is 6.92 Å². The van der Waals surface area contributed by atoms with Crippen LogP contribution in [0.3, 0.4) is 0 Å². The summed E-state index contributed by atoms with van der Waals surface area (Å²) < 4.78 is 26.9. The minimum absolute atomic E-state index is 0.198. The Morgan fingerprint density at radius 1 is 1.05 bits per heavy atom. The summed E-state index contributed by atoms with van der Waals surface area (Å²) >= 11 is 0. The number of hydrogen-bond donors (Lipinski definition) is 1. The van der Waals surface area contributed by atoms with Crippen LogP contribution in [0.5, 0.6) is 0 Å². The standard InChI is InChI=1S/C16H16F2O/c1-10-3-6-14(15(18)7-10)16(19)9-12-8-13(17)5-4-11(12)2/h3-8,16,19H,9H2,1-2H3. The average Bonchev–Trinajstić information content (AvgIpc) is 2.33. The molecule has 1 nitrogen and oxygen atoms in total. The molecule has 0 aliphatic carbocycles. The van der Waals surface area contributed by atoms with E-state index in [9.17, 15) is 13.9 Å². The molecule has 19 heavy (non-hydrogen) atoms. The Balaban J connectivity index is 2.25. The average molecular weight is 262 g/mol. The summed E-state index contributed by atoms with van der Waals surface area (Å²) in [5.74, 6) is -0.779. The largest absolute Gasteiger partial charge is 0.388 e. The van der Waals surface area contributed by atoms with Crippen molar-refractivity contribution in [3.05, 3.63) is 70.3 Å². The van der Waals surface area contributed by atoms with E-state index in [1.54, 1.807) is 25.1 Å². The monoisotopic (exact) mass is 262 g/mol. The minimum atomic E-state index is -0.971. The van der Waals surface area contributed by atoms with Gasteiger partial charge in [0.1, 0.15) is 11.6 Å². The first-order chi connectivity index (χ1) is 8.97. The van der Waals surface area contributed by atoms with E-state index in [2.05, 4.69) is 0 Å². The summed E-state index contributed by atoms with van der Waals surface area (Å²) in [6.45, 7) is 3.63. The molecule has 0 bridgehead atoms. The van der Waals surface area contributed by atoms with Gasteiger partial charge in [0.15, 0.2) is 0 Å². The van der Waals surface area contributed by atoms with E-state index >= 15 is 0 Å². The summed E-state index contributed by atoms with van der Waals surface area (Å²) in [5.41, 5.74) is 2.62. The molecule has 0 aromatic heterocycles. The first-order valence-electron chi connectivity index (χ1n) is 6.16. The first kappa shape index (κ1) is 13.7. The van der Waals surface area contributed by atoms with E-state index in [0.29, 0.717) is 5.56 Å². The molecular formula is C16H16F2O. The van der Waals surface area contributed by atoms with Crippen molar-refractivity contribution in [3.63, 3.8) is 0 Å². The number of aliphatic hydroxyl groups excluding tert-OH is 1. The van der Waals surface area contributed by atoms with Crippen LogP contribution in [0.25, 0.3) is 0 Å². The summed E-state index contributed by atoms with van der Waals surface area (Å²) in [5, 5.41) is 10.1. The van der Waals surface area contributed by atoms with E-state index < -0.39 is 11.9 Å². The van der Waals surface area contributed by atoms with Gasteiger partial charge in [-0.15, -0.1) is 0 Å². The second-order valence-electron chi connectivity index (χ2n) is 4.82.